The molecule has 0 aromatic heterocycles. The Hall–Kier alpha value is -3.47. The Morgan fingerprint density at radius 2 is 1.48 bits per heavy atom. The lowest BCUT2D eigenvalue weighted by atomic mass is 10.2. The van der Waals surface area contributed by atoms with Gasteiger partial charge in [0.05, 0.1) is 12.8 Å². The number of ether oxygens (including phenoxy) is 2. The molecule has 3 aromatic carbocycles. The molecule has 0 saturated heterocycles. The minimum absolute atomic E-state index is 0.149. The normalized spacial score (nSPS) is 11.3. The number of nitrogens with one attached hydrogen (secondary N) is 2. The van der Waals surface area contributed by atoms with E-state index in [-0.39, 0.29) is 5.91 Å². The SMILES string of the molecule is COc1ccccc1NC(=O)[C@H](C)Nc1ccc(Oc2ccccc2)cc1. The average molecular weight is 362 g/mol. The second-order valence-corrected chi connectivity index (χ2v) is 6.00. The van der Waals surface area contributed by atoms with E-state index >= 15 is 0 Å². The highest BCUT2D eigenvalue weighted by atomic mass is 16.5. The zero-order chi connectivity index (χ0) is 19.1. The summed E-state index contributed by atoms with van der Waals surface area (Å²) in [4.78, 5) is 12.4. The molecule has 5 heteroatoms. The molecule has 27 heavy (non-hydrogen) atoms. The van der Waals surface area contributed by atoms with Crippen LogP contribution in [-0.2, 0) is 4.79 Å². The fourth-order valence-electron chi connectivity index (χ4n) is 2.55. The molecule has 0 spiro atoms. The number of carbonyl (C=O) groups is 1. The molecular formula is C22H22N2O3. The van der Waals surface area contributed by atoms with E-state index in [9.17, 15) is 4.79 Å². The van der Waals surface area contributed by atoms with Gasteiger partial charge in [-0.2, -0.15) is 0 Å². The Labute approximate surface area is 158 Å². The predicted octanol–water partition coefficient (Wildman–Crippen LogP) is 4.93. The summed E-state index contributed by atoms with van der Waals surface area (Å²) >= 11 is 0. The molecular weight excluding hydrogens is 340 g/mol. The first-order chi connectivity index (χ1) is 13.2. The Kier molecular flexibility index (Phi) is 5.94. The number of benzene rings is 3. The predicted molar refractivity (Wildman–Crippen MR) is 108 cm³/mol. The lowest BCUT2D eigenvalue weighted by molar-refractivity contribution is -0.116. The van der Waals surface area contributed by atoms with Gasteiger partial charge in [0, 0.05) is 5.69 Å². The summed E-state index contributed by atoms with van der Waals surface area (Å²) in [6.07, 6.45) is 0. The summed E-state index contributed by atoms with van der Waals surface area (Å²) in [6.45, 7) is 1.80. The first-order valence-electron chi connectivity index (χ1n) is 8.69. The summed E-state index contributed by atoms with van der Waals surface area (Å²) in [6, 6.07) is 24.0. The summed E-state index contributed by atoms with van der Waals surface area (Å²) in [5.74, 6) is 1.99. The van der Waals surface area contributed by atoms with Crippen molar-refractivity contribution in [3.8, 4) is 17.2 Å². The fraction of sp³-hybridized carbons (Fsp3) is 0.136. The van der Waals surface area contributed by atoms with Crippen LogP contribution in [0.25, 0.3) is 0 Å². The molecule has 0 aliphatic heterocycles. The molecule has 3 rings (SSSR count). The van der Waals surface area contributed by atoms with Crippen molar-refractivity contribution in [3.63, 3.8) is 0 Å². The van der Waals surface area contributed by atoms with E-state index in [4.69, 9.17) is 9.47 Å². The summed E-state index contributed by atoms with van der Waals surface area (Å²) < 4.78 is 11.0. The molecule has 0 bridgehead atoms. The Balaban J connectivity index is 1.58. The third-order valence-corrected chi connectivity index (χ3v) is 3.97. The number of anilines is 2. The van der Waals surface area contributed by atoms with Crippen LogP contribution in [-0.4, -0.2) is 19.1 Å². The fourth-order valence-corrected chi connectivity index (χ4v) is 2.55. The van der Waals surface area contributed by atoms with E-state index < -0.39 is 6.04 Å². The molecule has 0 heterocycles. The second kappa shape index (κ2) is 8.76. The maximum absolute atomic E-state index is 12.4. The zero-order valence-electron chi connectivity index (χ0n) is 15.3. The third-order valence-electron chi connectivity index (χ3n) is 3.97. The summed E-state index contributed by atoms with van der Waals surface area (Å²) in [5.41, 5.74) is 1.48. The van der Waals surface area contributed by atoms with Gasteiger partial charge in [-0.3, -0.25) is 4.79 Å². The van der Waals surface area contributed by atoms with E-state index in [0.717, 1.165) is 17.2 Å². The molecule has 5 nitrogen and oxygen atoms in total. The van der Waals surface area contributed by atoms with E-state index in [2.05, 4.69) is 10.6 Å². The van der Waals surface area contributed by atoms with Crippen LogP contribution in [0.5, 0.6) is 17.2 Å². The van der Waals surface area contributed by atoms with Gasteiger partial charge in [-0.15, -0.1) is 0 Å². The van der Waals surface area contributed by atoms with Crippen molar-refractivity contribution >= 4 is 17.3 Å². The van der Waals surface area contributed by atoms with Gasteiger partial charge in [-0.05, 0) is 55.5 Å². The minimum Gasteiger partial charge on any atom is -0.495 e. The topological polar surface area (TPSA) is 59.6 Å². The molecule has 1 amide bonds. The van der Waals surface area contributed by atoms with Crippen LogP contribution in [0.3, 0.4) is 0 Å². The van der Waals surface area contributed by atoms with Crippen molar-refractivity contribution in [3.05, 3.63) is 78.9 Å². The van der Waals surface area contributed by atoms with Gasteiger partial charge in [0.25, 0.3) is 0 Å². The van der Waals surface area contributed by atoms with E-state index in [0.29, 0.717) is 11.4 Å². The Bertz CT molecular complexity index is 880. The number of rotatable bonds is 7. The van der Waals surface area contributed by atoms with Gasteiger partial charge in [0.1, 0.15) is 23.3 Å². The average Bonchev–Trinajstić information content (AvgIpc) is 2.70. The molecule has 0 aliphatic carbocycles. The quantitative estimate of drug-likeness (QED) is 0.626. The lowest BCUT2D eigenvalue weighted by Crippen LogP contribution is -2.31. The number of hydrogen-bond acceptors (Lipinski definition) is 4. The van der Waals surface area contributed by atoms with Gasteiger partial charge in [-0.25, -0.2) is 0 Å². The molecule has 138 valence electrons. The van der Waals surface area contributed by atoms with Crippen LogP contribution in [0.2, 0.25) is 0 Å². The smallest absolute Gasteiger partial charge is 0.246 e. The van der Waals surface area contributed by atoms with Crippen molar-refractivity contribution in [2.24, 2.45) is 0 Å². The number of methoxy groups -OCH3 is 1. The van der Waals surface area contributed by atoms with Crippen LogP contribution < -0.4 is 20.1 Å². The van der Waals surface area contributed by atoms with Crippen LogP contribution in [0.15, 0.2) is 78.9 Å². The molecule has 0 radical (unpaired) electrons. The monoisotopic (exact) mass is 362 g/mol. The van der Waals surface area contributed by atoms with Crippen LogP contribution in [0, 0.1) is 0 Å². The highest BCUT2D eigenvalue weighted by Gasteiger charge is 2.14. The maximum atomic E-state index is 12.4. The molecule has 1 atom stereocenters. The van der Waals surface area contributed by atoms with E-state index in [1.54, 1.807) is 26.2 Å². The summed E-state index contributed by atoms with van der Waals surface area (Å²) in [7, 11) is 1.58. The van der Waals surface area contributed by atoms with E-state index in [1.807, 2.05) is 66.7 Å². The highest BCUT2D eigenvalue weighted by molar-refractivity contribution is 5.97. The maximum Gasteiger partial charge on any atom is 0.246 e. The third kappa shape index (κ3) is 5.01. The van der Waals surface area contributed by atoms with Gasteiger partial charge >= 0.3 is 0 Å². The largest absolute Gasteiger partial charge is 0.495 e. The molecule has 2 N–H and O–H groups in total. The zero-order valence-corrected chi connectivity index (χ0v) is 15.3. The first-order valence-corrected chi connectivity index (χ1v) is 8.69. The molecule has 0 fully saturated rings. The molecule has 3 aromatic rings. The van der Waals surface area contributed by atoms with Crippen LogP contribution >= 0.6 is 0 Å². The Morgan fingerprint density at radius 3 is 2.19 bits per heavy atom. The lowest BCUT2D eigenvalue weighted by Gasteiger charge is -2.17. The number of hydrogen-bond donors (Lipinski definition) is 2. The van der Waals surface area contributed by atoms with Crippen molar-refractivity contribution in [2.75, 3.05) is 17.7 Å². The minimum atomic E-state index is -0.421. The van der Waals surface area contributed by atoms with Crippen molar-refractivity contribution in [1.29, 1.82) is 0 Å². The van der Waals surface area contributed by atoms with Crippen LogP contribution in [0.4, 0.5) is 11.4 Å². The molecule has 0 unspecified atom stereocenters. The first kappa shape index (κ1) is 18.3. The van der Waals surface area contributed by atoms with E-state index in [1.165, 1.54) is 0 Å². The van der Waals surface area contributed by atoms with Crippen LogP contribution in [0.1, 0.15) is 6.92 Å². The Morgan fingerprint density at radius 1 is 0.852 bits per heavy atom. The van der Waals surface area contributed by atoms with Gasteiger partial charge in [-0.1, -0.05) is 30.3 Å². The van der Waals surface area contributed by atoms with Crippen molar-refractivity contribution in [1.82, 2.24) is 0 Å². The summed E-state index contributed by atoms with van der Waals surface area (Å²) in [5, 5.41) is 6.06. The van der Waals surface area contributed by atoms with Gasteiger partial charge < -0.3 is 20.1 Å². The number of carbonyl (C=O) groups excluding carboxylic acids is 1. The standard InChI is InChI=1S/C22H22N2O3/c1-16(22(25)24-20-10-6-7-11-21(20)26-2)23-17-12-14-19(15-13-17)27-18-8-4-3-5-9-18/h3-16,23H,1-2H3,(H,24,25)/t16-/m0/s1. The van der Waals surface area contributed by atoms with Gasteiger partial charge in [0.15, 0.2) is 0 Å². The van der Waals surface area contributed by atoms with Gasteiger partial charge in [0.2, 0.25) is 5.91 Å². The second-order valence-electron chi connectivity index (χ2n) is 6.00. The van der Waals surface area contributed by atoms with Crippen molar-refractivity contribution < 1.29 is 14.3 Å². The molecule has 0 saturated carbocycles. The molecule has 0 aliphatic rings. The highest BCUT2D eigenvalue weighted by Crippen LogP contribution is 2.24. The van der Waals surface area contributed by atoms with Crippen molar-refractivity contribution in [2.45, 2.75) is 13.0 Å². The number of amides is 1. The number of para-hydroxylation sites is 3.